The van der Waals surface area contributed by atoms with Gasteiger partial charge in [-0.05, 0) is 31.5 Å². The first-order valence-corrected chi connectivity index (χ1v) is 6.59. The van der Waals surface area contributed by atoms with Gasteiger partial charge in [-0.25, -0.2) is 8.78 Å². The van der Waals surface area contributed by atoms with Gasteiger partial charge in [-0.3, -0.25) is 4.79 Å². The van der Waals surface area contributed by atoms with Gasteiger partial charge in [0.15, 0.2) is 0 Å². The molecule has 2 rings (SSSR count). The molecule has 0 spiro atoms. The maximum absolute atomic E-state index is 13.2. The molecule has 6 heteroatoms. The van der Waals surface area contributed by atoms with Crippen LogP contribution in [0.4, 0.5) is 8.78 Å². The van der Waals surface area contributed by atoms with E-state index in [1.807, 2.05) is 6.92 Å². The summed E-state index contributed by atoms with van der Waals surface area (Å²) >= 11 is 0. The molecule has 1 amide bonds. The molecule has 1 aliphatic rings. The second-order valence-electron chi connectivity index (χ2n) is 4.80. The zero-order valence-corrected chi connectivity index (χ0v) is 12.2. The van der Waals surface area contributed by atoms with E-state index >= 15 is 0 Å². The van der Waals surface area contributed by atoms with Crippen LogP contribution in [0.15, 0.2) is 18.2 Å². The summed E-state index contributed by atoms with van der Waals surface area (Å²) in [7, 11) is 0. The summed E-state index contributed by atoms with van der Waals surface area (Å²) in [6.45, 7) is 4.19. The van der Waals surface area contributed by atoms with Crippen LogP contribution in [0.1, 0.15) is 30.1 Å². The number of carbonyl (C=O) groups excluding carboxylic acids is 1. The summed E-state index contributed by atoms with van der Waals surface area (Å²) in [6, 6.07) is 3.07. The second-order valence-corrected chi connectivity index (χ2v) is 4.80. The van der Waals surface area contributed by atoms with Crippen LogP contribution in [-0.4, -0.2) is 36.5 Å². The zero-order valence-electron chi connectivity index (χ0n) is 11.4. The van der Waals surface area contributed by atoms with Crippen molar-refractivity contribution in [3.63, 3.8) is 0 Å². The number of hydrogen-bond donors (Lipinski definition) is 1. The van der Waals surface area contributed by atoms with Gasteiger partial charge in [0.2, 0.25) is 0 Å². The molecule has 0 saturated carbocycles. The number of halogens is 3. The van der Waals surface area contributed by atoms with Crippen molar-refractivity contribution in [2.45, 2.75) is 25.8 Å². The quantitative estimate of drug-likeness (QED) is 0.927. The first-order valence-electron chi connectivity index (χ1n) is 6.59. The highest BCUT2D eigenvalue weighted by atomic mass is 35.5. The van der Waals surface area contributed by atoms with Crippen LogP contribution in [0.3, 0.4) is 0 Å². The lowest BCUT2D eigenvalue weighted by molar-refractivity contribution is 0.0691. The first kappa shape index (κ1) is 16.9. The highest BCUT2D eigenvalue weighted by molar-refractivity contribution is 5.94. The number of benzene rings is 1. The van der Waals surface area contributed by atoms with Gasteiger partial charge in [0.05, 0.1) is 0 Å². The Bertz CT molecular complexity index is 444. The molecule has 1 aromatic rings. The molecule has 0 aromatic heterocycles. The van der Waals surface area contributed by atoms with Crippen molar-refractivity contribution in [2.24, 2.45) is 0 Å². The average molecular weight is 305 g/mol. The van der Waals surface area contributed by atoms with Crippen molar-refractivity contribution in [2.75, 3.05) is 19.6 Å². The Balaban J connectivity index is 0.00000200. The predicted molar refractivity (Wildman–Crippen MR) is 76.2 cm³/mol. The summed E-state index contributed by atoms with van der Waals surface area (Å²) in [5, 5.41) is 3.20. The van der Waals surface area contributed by atoms with E-state index in [1.165, 1.54) is 0 Å². The van der Waals surface area contributed by atoms with Crippen molar-refractivity contribution in [3.8, 4) is 0 Å². The lowest BCUT2D eigenvalue weighted by Gasteiger charge is -2.28. The molecule has 1 atom stereocenters. The lowest BCUT2D eigenvalue weighted by atomic mass is 10.1. The Kier molecular flexibility index (Phi) is 6.36. The van der Waals surface area contributed by atoms with E-state index in [0.717, 1.165) is 44.1 Å². The van der Waals surface area contributed by atoms with Crippen LogP contribution in [0.2, 0.25) is 0 Å². The Morgan fingerprint density at radius 3 is 2.50 bits per heavy atom. The number of nitrogens with one attached hydrogen (secondary N) is 1. The normalized spacial score (nSPS) is 17.6. The fourth-order valence-electron chi connectivity index (χ4n) is 2.44. The van der Waals surface area contributed by atoms with Gasteiger partial charge in [0.25, 0.3) is 5.91 Å². The van der Waals surface area contributed by atoms with Crippen molar-refractivity contribution in [1.82, 2.24) is 10.2 Å². The van der Waals surface area contributed by atoms with E-state index < -0.39 is 11.6 Å². The molecule has 0 radical (unpaired) electrons. The molecule has 1 aliphatic heterocycles. The molecule has 1 heterocycles. The van der Waals surface area contributed by atoms with Crippen molar-refractivity contribution in [3.05, 3.63) is 35.4 Å². The highest BCUT2D eigenvalue weighted by Gasteiger charge is 2.27. The maximum atomic E-state index is 13.2. The van der Waals surface area contributed by atoms with E-state index in [1.54, 1.807) is 4.90 Å². The molecule has 1 aromatic carbocycles. The van der Waals surface area contributed by atoms with Crippen molar-refractivity contribution < 1.29 is 13.6 Å². The van der Waals surface area contributed by atoms with Crippen LogP contribution >= 0.6 is 12.4 Å². The number of amides is 1. The van der Waals surface area contributed by atoms with Gasteiger partial charge in [-0.2, -0.15) is 0 Å². The third-order valence-corrected chi connectivity index (χ3v) is 3.31. The summed E-state index contributed by atoms with van der Waals surface area (Å²) in [6.07, 6.45) is 1.70. The van der Waals surface area contributed by atoms with Crippen molar-refractivity contribution in [1.29, 1.82) is 0 Å². The van der Waals surface area contributed by atoms with Crippen LogP contribution < -0.4 is 5.32 Å². The molecule has 1 fully saturated rings. The van der Waals surface area contributed by atoms with Gasteiger partial charge in [0.1, 0.15) is 11.6 Å². The Morgan fingerprint density at radius 1 is 1.35 bits per heavy atom. The first-order chi connectivity index (χ1) is 9.11. The smallest absolute Gasteiger partial charge is 0.254 e. The molecule has 1 unspecified atom stereocenters. The van der Waals surface area contributed by atoms with Gasteiger partial charge >= 0.3 is 0 Å². The largest absolute Gasteiger partial charge is 0.334 e. The van der Waals surface area contributed by atoms with Gasteiger partial charge in [-0.1, -0.05) is 6.92 Å². The minimum absolute atomic E-state index is 0. The van der Waals surface area contributed by atoms with E-state index in [-0.39, 0.29) is 29.9 Å². The van der Waals surface area contributed by atoms with Crippen LogP contribution in [0.25, 0.3) is 0 Å². The standard InChI is InChI=1S/C14H18F2N2O.ClH/c1-2-5-18(13-3-4-17-9-13)14(19)10-6-11(15)8-12(16)7-10;/h6-8,13,17H,2-5,9H2,1H3;1H. The fraction of sp³-hybridized carbons (Fsp3) is 0.500. The number of carbonyl (C=O) groups is 1. The van der Waals surface area contributed by atoms with E-state index in [4.69, 9.17) is 0 Å². The van der Waals surface area contributed by atoms with Crippen LogP contribution in [0.5, 0.6) is 0 Å². The molecule has 1 N–H and O–H groups in total. The molecule has 3 nitrogen and oxygen atoms in total. The summed E-state index contributed by atoms with van der Waals surface area (Å²) in [4.78, 5) is 14.1. The lowest BCUT2D eigenvalue weighted by Crippen LogP contribution is -2.42. The topological polar surface area (TPSA) is 32.3 Å². The number of nitrogens with zero attached hydrogens (tertiary/aromatic N) is 1. The highest BCUT2D eigenvalue weighted by Crippen LogP contribution is 2.16. The molecule has 0 aliphatic carbocycles. The second kappa shape index (κ2) is 7.55. The van der Waals surface area contributed by atoms with Crippen molar-refractivity contribution >= 4 is 18.3 Å². The predicted octanol–water partition coefficient (Wildman–Crippen LogP) is 2.60. The third-order valence-electron chi connectivity index (χ3n) is 3.31. The Labute approximate surface area is 123 Å². The number of rotatable bonds is 4. The zero-order chi connectivity index (χ0) is 13.8. The molecular formula is C14H19ClF2N2O. The summed E-state index contributed by atoms with van der Waals surface area (Å²) in [5.41, 5.74) is 0.0813. The maximum Gasteiger partial charge on any atom is 0.254 e. The van der Waals surface area contributed by atoms with Gasteiger partial charge < -0.3 is 10.2 Å². The minimum atomic E-state index is -0.718. The van der Waals surface area contributed by atoms with E-state index in [2.05, 4.69) is 5.32 Å². The number of hydrogen-bond acceptors (Lipinski definition) is 2. The van der Waals surface area contributed by atoms with Crippen LogP contribution in [-0.2, 0) is 0 Å². The Morgan fingerprint density at radius 2 is 2.00 bits per heavy atom. The summed E-state index contributed by atoms with van der Waals surface area (Å²) in [5.74, 6) is -1.73. The summed E-state index contributed by atoms with van der Waals surface area (Å²) < 4.78 is 26.4. The molecule has 0 bridgehead atoms. The Hall–Kier alpha value is -1.20. The van der Waals surface area contributed by atoms with Gasteiger partial charge in [0, 0.05) is 30.8 Å². The monoisotopic (exact) mass is 304 g/mol. The minimum Gasteiger partial charge on any atom is -0.334 e. The van der Waals surface area contributed by atoms with Crippen LogP contribution in [0, 0.1) is 11.6 Å². The van der Waals surface area contributed by atoms with Gasteiger partial charge in [-0.15, -0.1) is 12.4 Å². The fourth-order valence-corrected chi connectivity index (χ4v) is 2.44. The molecular weight excluding hydrogens is 286 g/mol. The third kappa shape index (κ3) is 3.90. The molecule has 20 heavy (non-hydrogen) atoms. The van der Waals surface area contributed by atoms with E-state index in [0.29, 0.717) is 6.54 Å². The molecule has 1 saturated heterocycles. The average Bonchev–Trinajstić information content (AvgIpc) is 2.87. The van der Waals surface area contributed by atoms with E-state index in [9.17, 15) is 13.6 Å². The SMILES string of the molecule is CCCN(C(=O)c1cc(F)cc(F)c1)C1CCNC1.Cl. The molecule has 112 valence electrons.